The molecule has 5 unspecified atom stereocenters. The lowest BCUT2D eigenvalue weighted by Gasteiger charge is -2.39. The zero-order valence-corrected chi connectivity index (χ0v) is 18.6. The van der Waals surface area contributed by atoms with Gasteiger partial charge >= 0.3 is 6.18 Å². The van der Waals surface area contributed by atoms with Gasteiger partial charge in [-0.15, -0.1) is 0 Å². The number of halogens is 3. The SMILES string of the molecule is CC1CC(C)CN(C2CC[C@@]3(C2)C(=O)N2Cc4cc(C(F)(F)F)cnc4CC2C3C)C1. The Morgan fingerprint density at radius 2 is 1.87 bits per heavy atom. The number of aromatic nitrogens is 1. The van der Waals surface area contributed by atoms with E-state index in [0.717, 1.165) is 44.2 Å². The van der Waals surface area contributed by atoms with Gasteiger partial charge in [0.1, 0.15) is 0 Å². The highest BCUT2D eigenvalue weighted by molar-refractivity contribution is 5.87. The smallest absolute Gasteiger partial charge is 0.334 e. The number of carbonyl (C=O) groups excluding carboxylic acids is 1. The Labute approximate surface area is 182 Å². The molecule has 7 heteroatoms. The number of carbonyl (C=O) groups is 1. The first-order chi connectivity index (χ1) is 14.6. The Hall–Kier alpha value is -1.63. The molecule has 1 aromatic heterocycles. The van der Waals surface area contributed by atoms with E-state index in [9.17, 15) is 18.0 Å². The first-order valence-electron chi connectivity index (χ1n) is 11.7. The van der Waals surface area contributed by atoms with E-state index in [4.69, 9.17) is 0 Å². The number of rotatable bonds is 1. The van der Waals surface area contributed by atoms with Crippen LogP contribution in [0.4, 0.5) is 13.2 Å². The minimum Gasteiger partial charge on any atom is -0.334 e. The van der Waals surface area contributed by atoms with Crippen molar-refractivity contribution in [3.05, 3.63) is 29.1 Å². The van der Waals surface area contributed by atoms with E-state index >= 15 is 0 Å². The van der Waals surface area contributed by atoms with Crippen molar-refractivity contribution in [2.45, 2.75) is 77.7 Å². The first kappa shape index (κ1) is 21.2. The summed E-state index contributed by atoms with van der Waals surface area (Å²) in [4.78, 5) is 22.3. The monoisotopic (exact) mass is 435 g/mol. The summed E-state index contributed by atoms with van der Waals surface area (Å²) < 4.78 is 39.5. The number of alkyl halides is 3. The van der Waals surface area contributed by atoms with Gasteiger partial charge in [-0.1, -0.05) is 20.8 Å². The summed E-state index contributed by atoms with van der Waals surface area (Å²) in [5.41, 5.74) is 0.179. The van der Waals surface area contributed by atoms with Crippen molar-refractivity contribution in [3.63, 3.8) is 0 Å². The molecule has 4 nitrogen and oxygen atoms in total. The van der Waals surface area contributed by atoms with Gasteiger partial charge in [0.05, 0.1) is 11.0 Å². The van der Waals surface area contributed by atoms with Crippen LogP contribution in [0.5, 0.6) is 0 Å². The third-order valence-corrected chi connectivity index (χ3v) is 8.60. The molecule has 0 radical (unpaired) electrons. The lowest BCUT2D eigenvalue weighted by molar-refractivity contribution is -0.138. The molecule has 1 aromatic rings. The molecule has 2 saturated heterocycles. The standard InChI is InChI=1S/C24H32F3N3O/c1-14-6-15(2)12-29(11-14)19-4-5-23(9-19)16(3)21-8-20-17(13-30(21)22(23)31)7-18(10-28-20)24(25,26)27/h7,10,14-16,19,21H,4-6,8-9,11-13H2,1-3H3/t14?,15?,16?,19?,21?,23-/m0/s1. The van der Waals surface area contributed by atoms with Crippen LogP contribution in [0.2, 0.25) is 0 Å². The van der Waals surface area contributed by atoms with Crippen LogP contribution in [-0.4, -0.2) is 45.9 Å². The number of amides is 1. The number of likely N-dealkylation sites (tertiary alicyclic amines) is 1. The molecule has 1 amide bonds. The second-order valence-corrected chi connectivity index (χ2v) is 10.8. The molecule has 5 rings (SSSR count). The number of pyridine rings is 1. The second-order valence-electron chi connectivity index (χ2n) is 10.8. The molecule has 1 aliphatic carbocycles. The van der Waals surface area contributed by atoms with Gasteiger partial charge < -0.3 is 4.90 Å². The van der Waals surface area contributed by atoms with Gasteiger partial charge in [0.15, 0.2) is 0 Å². The maximum atomic E-state index is 13.7. The number of hydrogen-bond donors (Lipinski definition) is 0. The molecule has 31 heavy (non-hydrogen) atoms. The summed E-state index contributed by atoms with van der Waals surface area (Å²) in [7, 11) is 0. The van der Waals surface area contributed by atoms with E-state index in [-0.39, 0.29) is 29.8 Å². The molecule has 1 spiro atoms. The second kappa shape index (κ2) is 7.19. The van der Waals surface area contributed by atoms with Gasteiger partial charge in [-0.05, 0) is 55.1 Å². The Balaban J connectivity index is 1.38. The van der Waals surface area contributed by atoms with Crippen LogP contribution in [0.1, 0.15) is 63.3 Å². The number of hydrogen-bond acceptors (Lipinski definition) is 3. The lowest BCUT2D eigenvalue weighted by Crippen LogP contribution is -2.45. The van der Waals surface area contributed by atoms with Crippen molar-refractivity contribution in [1.29, 1.82) is 0 Å². The van der Waals surface area contributed by atoms with Gasteiger partial charge in [0.2, 0.25) is 5.91 Å². The largest absolute Gasteiger partial charge is 0.417 e. The van der Waals surface area contributed by atoms with Crippen LogP contribution in [0.15, 0.2) is 12.3 Å². The minimum absolute atomic E-state index is 0.0437. The molecule has 6 atom stereocenters. The fourth-order valence-electron chi connectivity index (χ4n) is 7.12. The summed E-state index contributed by atoms with van der Waals surface area (Å²) in [6, 6.07) is 1.67. The Morgan fingerprint density at radius 3 is 2.55 bits per heavy atom. The first-order valence-corrected chi connectivity index (χ1v) is 11.7. The highest BCUT2D eigenvalue weighted by atomic mass is 19.4. The van der Waals surface area contributed by atoms with Crippen molar-refractivity contribution in [2.75, 3.05) is 13.1 Å². The van der Waals surface area contributed by atoms with E-state index in [1.807, 2.05) is 4.90 Å². The lowest BCUT2D eigenvalue weighted by atomic mass is 9.73. The summed E-state index contributed by atoms with van der Waals surface area (Å²) in [5, 5.41) is 0. The van der Waals surface area contributed by atoms with Crippen LogP contribution in [0.3, 0.4) is 0 Å². The molecule has 0 aromatic carbocycles. The quantitative estimate of drug-likeness (QED) is 0.651. The molecule has 1 saturated carbocycles. The fourth-order valence-corrected chi connectivity index (χ4v) is 7.12. The summed E-state index contributed by atoms with van der Waals surface area (Å²) in [6.45, 7) is 9.28. The van der Waals surface area contributed by atoms with Crippen LogP contribution in [0, 0.1) is 23.2 Å². The zero-order chi connectivity index (χ0) is 22.1. The molecule has 0 N–H and O–H groups in total. The Bertz CT molecular complexity index is 877. The van der Waals surface area contributed by atoms with Crippen molar-refractivity contribution in [1.82, 2.24) is 14.8 Å². The third kappa shape index (κ3) is 3.38. The van der Waals surface area contributed by atoms with Gasteiger partial charge in [0.25, 0.3) is 0 Å². The summed E-state index contributed by atoms with van der Waals surface area (Å²) in [5.74, 6) is 1.73. The Morgan fingerprint density at radius 1 is 1.16 bits per heavy atom. The maximum absolute atomic E-state index is 13.7. The zero-order valence-electron chi connectivity index (χ0n) is 18.6. The fraction of sp³-hybridized carbons (Fsp3) is 0.750. The number of fused-ring (bicyclic) bond motifs is 2. The van der Waals surface area contributed by atoms with Gasteiger partial charge in [-0.25, -0.2) is 0 Å². The maximum Gasteiger partial charge on any atom is 0.417 e. The van der Waals surface area contributed by atoms with Crippen LogP contribution >= 0.6 is 0 Å². The van der Waals surface area contributed by atoms with Gasteiger partial charge in [-0.3, -0.25) is 14.7 Å². The van der Waals surface area contributed by atoms with Crippen molar-refractivity contribution in [2.24, 2.45) is 23.2 Å². The molecule has 0 bridgehead atoms. The minimum atomic E-state index is -4.41. The number of nitrogens with zero attached hydrogens (tertiary/aromatic N) is 3. The van der Waals surface area contributed by atoms with Gasteiger partial charge in [0, 0.05) is 50.0 Å². The summed E-state index contributed by atoms with van der Waals surface area (Å²) >= 11 is 0. The van der Waals surface area contributed by atoms with E-state index in [2.05, 4.69) is 30.7 Å². The predicted molar refractivity (Wildman–Crippen MR) is 111 cm³/mol. The van der Waals surface area contributed by atoms with Crippen LogP contribution < -0.4 is 0 Å². The van der Waals surface area contributed by atoms with Crippen LogP contribution in [-0.2, 0) is 23.9 Å². The summed E-state index contributed by atoms with van der Waals surface area (Å²) in [6.07, 6.45) is 1.17. The number of piperidine rings is 1. The molecule has 4 heterocycles. The topological polar surface area (TPSA) is 36.4 Å². The van der Waals surface area contributed by atoms with Crippen molar-refractivity contribution >= 4 is 5.91 Å². The van der Waals surface area contributed by atoms with Gasteiger partial charge in [-0.2, -0.15) is 13.2 Å². The highest BCUT2D eigenvalue weighted by Gasteiger charge is 2.61. The Kier molecular flexibility index (Phi) is 4.92. The van der Waals surface area contributed by atoms with Crippen molar-refractivity contribution < 1.29 is 18.0 Å². The molecule has 3 fully saturated rings. The third-order valence-electron chi connectivity index (χ3n) is 8.60. The molecule has 170 valence electrons. The van der Waals surface area contributed by atoms with E-state index in [1.165, 1.54) is 12.5 Å². The molecular weight excluding hydrogens is 403 g/mol. The normalized spacial score (nSPS) is 38.6. The van der Waals surface area contributed by atoms with Crippen LogP contribution in [0.25, 0.3) is 0 Å². The van der Waals surface area contributed by atoms with E-state index in [1.54, 1.807) is 0 Å². The van der Waals surface area contributed by atoms with E-state index < -0.39 is 11.7 Å². The predicted octanol–water partition coefficient (Wildman–Crippen LogP) is 4.52. The molecular formula is C24H32F3N3O. The highest BCUT2D eigenvalue weighted by Crippen LogP contribution is 2.55. The molecule has 4 aliphatic rings. The molecule has 3 aliphatic heterocycles. The van der Waals surface area contributed by atoms with Crippen molar-refractivity contribution in [3.8, 4) is 0 Å². The average molecular weight is 436 g/mol. The average Bonchev–Trinajstić information content (AvgIpc) is 3.23. The van der Waals surface area contributed by atoms with E-state index in [0.29, 0.717) is 29.9 Å².